The van der Waals surface area contributed by atoms with Crippen molar-refractivity contribution in [2.75, 3.05) is 25.0 Å². The number of pyridine rings is 1. The lowest BCUT2D eigenvalue weighted by Crippen LogP contribution is -2.30. The second-order valence-corrected chi connectivity index (χ2v) is 3.75. The molecule has 0 aliphatic carbocycles. The van der Waals surface area contributed by atoms with Crippen molar-refractivity contribution in [3.63, 3.8) is 0 Å². The quantitative estimate of drug-likeness (QED) is 0.771. The minimum Gasteiger partial charge on any atom is -0.371 e. The molecule has 0 spiro atoms. The zero-order valence-electron chi connectivity index (χ0n) is 8.81. The lowest BCUT2D eigenvalue weighted by Gasteiger charge is -2.17. The summed E-state index contributed by atoms with van der Waals surface area (Å²) in [5.41, 5.74) is 1.15. The maximum Gasteiger partial charge on any atom is 0.224 e. The fourth-order valence-corrected chi connectivity index (χ4v) is 1.97. The molecule has 1 N–H and O–H groups in total. The van der Waals surface area contributed by atoms with Crippen LogP contribution < -0.4 is 10.2 Å². The average molecular weight is 205 g/mol. The number of nitrogens with zero attached hydrogens (tertiary/aromatic N) is 2. The molecule has 2 heterocycles. The number of anilines is 1. The van der Waals surface area contributed by atoms with Gasteiger partial charge in [-0.3, -0.25) is 9.78 Å². The molecule has 15 heavy (non-hydrogen) atoms. The monoisotopic (exact) mass is 205 g/mol. The van der Waals surface area contributed by atoms with Crippen LogP contribution in [0.25, 0.3) is 0 Å². The molecule has 0 aromatic carbocycles. The fraction of sp³-hybridized carbons (Fsp3) is 0.455. The van der Waals surface area contributed by atoms with Gasteiger partial charge in [-0.15, -0.1) is 0 Å². The van der Waals surface area contributed by atoms with Crippen molar-refractivity contribution in [3.05, 3.63) is 24.5 Å². The van der Waals surface area contributed by atoms with Crippen molar-refractivity contribution in [3.8, 4) is 0 Å². The summed E-state index contributed by atoms with van der Waals surface area (Å²) in [7, 11) is 1.69. The number of nitrogens with one attached hydrogen (secondary N) is 1. The fourth-order valence-electron chi connectivity index (χ4n) is 1.97. The molecule has 1 atom stereocenters. The van der Waals surface area contributed by atoms with E-state index in [-0.39, 0.29) is 11.8 Å². The summed E-state index contributed by atoms with van der Waals surface area (Å²) in [6, 6.07) is 3.96. The van der Waals surface area contributed by atoms with E-state index in [2.05, 4.69) is 15.2 Å². The van der Waals surface area contributed by atoms with Gasteiger partial charge in [-0.05, 0) is 18.6 Å². The Hall–Kier alpha value is -1.58. The van der Waals surface area contributed by atoms with Crippen molar-refractivity contribution < 1.29 is 4.79 Å². The van der Waals surface area contributed by atoms with Gasteiger partial charge in [0.2, 0.25) is 5.91 Å². The Labute approximate surface area is 89.3 Å². The van der Waals surface area contributed by atoms with E-state index in [0.29, 0.717) is 0 Å². The molecule has 1 aliphatic heterocycles. The Morgan fingerprint density at radius 2 is 2.27 bits per heavy atom. The summed E-state index contributed by atoms with van der Waals surface area (Å²) in [4.78, 5) is 17.6. The highest BCUT2D eigenvalue weighted by Crippen LogP contribution is 2.22. The van der Waals surface area contributed by atoms with Gasteiger partial charge in [-0.25, -0.2) is 0 Å². The zero-order chi connectivity index (χ0) is 10.7. The predicted molar refractivity (Wildman–Crippen MR) is 58.6 cm³/mol. The van der Waals surface area contributed by atoms with Crippen LogP contribution >= 0.6 is 0 Å². The summed E-state index contributed by atoms with van der Waals surface area (Å²) in [6.45, 7) is 1.76. The van der Waals surface area contributed by atoms with Crippen LogP contribution in [0.5, 0.6) is 0 Å². The predicted octanol–water partition coefficient (Wildman–Crippen LogP) is 0.654. The van der Waals surface area contributed by atoms with Crippen molar-refractivity contribution in [1.82, 2.24) is 10.3 Å². The highest BCUT2D eigenvalue weighted by Gasteiger charge is 2.27. The highest BCUT2D eigenvalue weighted by atomic mass is 16.1. The molecule has 1 saturated heterocycles. The van der Waals surface area contributed by atoms with Gasteiger partial charge in [0.15, 0.2) is 0 Å². The van der Waals surface area contributed by atoms with Crippen LogP contribution in [0.4, 0.5) is 5.69 Å². The molecule has 1 aromatic heterocycles. The standard InChI is InChI=1S/C11H15N3O/c1-12-11(15)9-4-7-14(8-9)10-2-5-13-6-3-10/h2-3,5-6,9H,4,7-8H2,1H3,(H,12,15). The SMILES string of the molecule is CNC(=O)C1CCN(c2ccncc2)C1. The van der Waals surface area contributed by atoms with Crippen LogP contribution in [0.15, 0.2) is 24.5 Å². The van der Waals surface area contributed by atoms with Gasteiger partial charge in [0.25, 0.3) is 0 Å². The van der Waals surface area contributed by atoms with Crippen LogP contribution in [0, 0.1) is 5.92 Å². The van der Waals surface area contributed by atoms with Gasteiger partial charge in [0.1, 0.15) is 0 Å². The van der Waals surface area contributed by atoms with Crippen LogP contribution in [-0.4, -0.2) is 31.0 Å². The summed E-state index contributed by atoms with van der Waals surface area (Å²) in [5, 5.41) is 2.70. The average Bonchev–Trinajstić information content (AvgIpc) is 2.78. The minimum atomic E-state index is 0.128. The lowest BCUT2D eigenvalue weighted by atomic mass is 10.1. The number of hydrogen-bond donors (Lipinski definition) is 1. The molecule has 4 nitrogen and oxygen atoms in total. The van der Waals surface area contributed by atoms with Gasteiger partial charge >= 0.3 is 0 Å². The molecular weight excluding hydrogens is 190 g/mol. The van der Waals surface area contributed by atoms with E-state index >= 15 is 0 Å². The highest BCUT2D eigenvalue weighted by molar-refractivity contribution is 5.79. The van der Waals surface area contributed by atoms with Crippen molar-refractivity contribution in [2.45, 2.75) is 6.42 Å². The third-order valence-corrected chi connectivity index (χ3v) is 2.83. The van der Waals surface area contributed by atoms with Gasteiger partial charge < -0.3 is 10.2 Å². The van der Waals surface area contributed by atoms with Gasteiger partial charge in [0.05, 0.1) is 5.92 Å². The molecule has 1 aromatic rings. The Bertz CT molecular complexity index is 339. The van der Waals surface area contributed by atoms with E-state index in [9.17, 15) is 4.79 Å². The van der Waals surface area contributed by atoms with Crippen LogP contribution in [0.2, 0.25) is 0 Å². The van der Waals surface area contributed by atoms with E-state index in [1.54, 1.807) is 19.4 Å². The van der Waals surface area contributed by atoms with Crippen molar-refractivity contribution >= 4 is 11.6 Å². The Morgan fingerprint density at radius 1 is 1.53 bits per heavy atom. The van der Waals surface area contributed by atoms with Crippen LogP contribution in [-0.2, 0) is 4.79 Å². The smallest absolute Gasteiger partial charge is 0.224 e. The molecule has 4 heteroatoms. The molecule has 0 bridgehead atoms. The van der Waals surface area contributed by atoms with E-state index < -0.39 is 0 Å². The minimum absolute atomic E-state index is 0.128. The number of carbonyl (C=O) groups excluding carboxylic acids is 1. The first-order valence-corrected chi connectivity index (χ1v) is 5.18. The second-order valence-electron chi connectivity index (χ2n) is 3.75. The maximum atomic E-state index is 11.4. The first kappa shape index (κ1) is 9.96. The lowest BCUT2D eigenvalue weighted by molar-refractivity contribution is -0.123. The van der Waals surface area contributed by atoms with Crippen LogP contribution in [0.3, 0.4) is 0 Å². The summed E-state index contributed by atoms with van der Waals surface area (Å²) < 4.78 is 0. The van der Waals surface area contributed by atoms with Crippen molar-refractivity contribution in [1.29, 1.82) is 0 Å². The summed E-state index contributed by atoms with van der Waals surface area (Å²) in [5.74, 6) is 0.273. The molecule has 80 valence electrons. The molecule has 1 amide bonds. The third kappa shape index (κ3) is 2.09. The topological polar surface area (TPSA) is 45.2 Å². The zero-order valence-corrected chi connectivity index (χ0v) is 8.81. The first-order chi connectivity index (χ1) is 7.31. The van der Waals surface area contributed by atoms with E-state index in [1.807, 2.05) is 12.1 Å². The van der Waals surface area contributed by atoms with E-state index in [4.69, 9.17) is 0 Å². The third-order valence-electron chi connectivity index (χ3n) is 2.83. The number of amides is 1. The van der Waals surface area contributed by atoms with E-state index in [1.165, 1.54) is 0 Å². The maximum absolute atomic E-state index is 11.4. The molecule has 0 saturated carbocycles. The summed E-state index contributed by atoms with van der Waals surface area (Å²) in [6.07, 6.45) is 4.49. The van der Waals surface area contributed by atoms with E-state index in [0.717, 1.165) is 25.2 Å². The Kier molecular flexibility index (Phi) is 2.85. The van der Waals surface area contributed by atoms with Gasteiger partial charge in [-0.1, -0.05) is 0 Å². The largest absolute Gasteiger partial charge is 0.371 e. The first-order valence-electron chi connectivity index (χ1n) is 5.18. The normalized spacial score (nSPS) is 20.3. The molecule has 0 radical (unpaired) electrons. The van der Waals surface area contributed by atoms with Crippen molar-refractivity contribution in [2.24, 2.45) is 5.92 Å². The van der Waals surface area contributed by atoms with Gasteiger partial charge in [-0.2, -0.15) is 0 Å². The Balaban J connectivity index is 2.02. The van der Waals surface area contributed by atoms with Crippen LogP contribution in [0.1, 0.15) is 6.42 Å². The number of hydrogen-bond acceptors (Lipinski definition) is 3. The molecule has 1 fully saturated rings. The molecule has 2 rings (SSSR count). The Morgan fingerprint density at radius 3 is 2.93 bits per heavy atom. The number of aromatic nitrogens is 1. The molecular formula is C11H15N3O. The molecule has 1 unspecified atom stereocenters. The number of carbonyl (C=O) groups is 1. The van der Waals surface area contributed by atoms with Gasteiger partial charge in [0, 0.05) is 38.2 Å². The number of rotatable bonds is 2. The molecule has 1 aliphatic rings. The summed E-state index contributed by atoms with van der Waals surface area (Å²) >= 11 is 0. The second kappa shape index (κ2) is 4.29.